The Labute approximate surface area is 108 Å². The summed E-state index contributed by atoms with van der Waals surface area (Å²) < 4.78 is 5.31. The molecule has 4 nitrogen and oxygen atoms in total. The molecule has 0 aliphatic heterocycles. The molecule has 0 aromatic heterocycles. The SMILES string of the molecule is CCCCOCCC(=O)Nc1ccccc1C#N. The number of anilines is 1. The number of carbonyl (C=O) groups is 1. The lowest BCUT2D eigenvalue weighted by Gasteiger charge is -2.07. The van der Waals surface area contributed by atoms with Crippen molar-refractivity contribution in [2.45, 2.75) is 26.2 Å². The molecule has 0 bridgehead atoms. The molecule has 0 atom stereocenters. The maximum absolute atomic E-state index is 11.6. The topological polar surface area (TPSA) is 62.1 Å². The number of unbranched alkanes of at least 4 members (excludes halogenated alkanes) is 1. The zero-order chi connectivity index (χ0) is 13.2. The van der Waals surface area contributed by atoms with Crippen LogP contribution in [0.4, 0.5) is 5.69 Å². The van der Waals surface area contributed by atoms with Gasteiger partial charge in [-0.15, -0.1) is 0 Å². The van der Waals surface area contributed by atoms with Gasteiger partial charge in [0.2, 0.25) is 5.91 Å². The zero-order valence-electron chi connectivity index (χ0n) is 10.6. The first-order valence-electron chi connectivity index (χ1n) is 6.14. The fourth-order valence-electron chi connectivity index (χ4n) is 1.42. The predicted octanol–water partition coefficient (Wildman–Crippen LogP) is 2.70. The van der Waals surface area contributed by atoms with E-state index in [0.717, 1.165) is 12.8 Å². The van der Waals surface area contributed by atoms with Crippen LogP contribution in [0, 0.1) is 11.3 Å². The minimum absolute atomic E-state index is 0.130. The molecule has 1 rings (SSSR count). The summed E-state index contributed by atoms with van der Waals surface area (Å²) in [5, 5.41) is 11.6. The molecule has 4 heteroatoms. The summed E-state index contributed by atoms with van der Waals surface area (Å²) in [6.45, 7) is 3.20. The molecule has 0 fully saturated rings. The second kappa shape index (κ2) is 8.26. The molecule has 1 amide bonds. The lowest BCUT2D eigenvalue weighted by molar-refractivity contribution is -0.117. The minimum atomic E-state index is -0.130. The number of para-hydroxylation sites is 1. The van der Waals surface area contributed by atoms with E-state index in [4.69, 9.17) is 10.00 Å². The molecule has 0 aliphatic rings. The summed E-state index contributed by atoms with van der Waals surface area (Å²) in [5.41, 5.74) is 1.02. The quantitative estimate of drug-likeness (QED) is 0.752. The van der Waals surface area contributed by atoms with E-state index < -0.39 is 0 Å². The van der Waals surface area contributed by atoms with Crippen LogP contribution in [0.3, 0.4) is 0 Å². The summed E-state index contributed by atoms with van der Waals surface area (Å²) in [7, 11) is 0. The van der Waals surface area contributed by atoms with Crippen LogP contribution in [0.5, 0.6) is 0 Å². The number of carbonyl (C=O) groups excluding carboxylic acids is 1. The molecule has 1 N–H and O–H groups in total. The van der Waals surface area contributed by atoms with E-state index in [0.29, 0.717) is 30.9 Å². The fraction of sp³-hybridized carbons (Fsp3) is 0.429. The highest BCUT2D eigenvalue weighted by Gasteiger charge is 2.05. The molecule has 0 heterocycles. The normalized spacial score (nSPS) is 9.78. The van der Waals surface area contributed by atoms with Gasteiger partial charge in [0.05, 0.1) is 24.3 Å². The Morgan fingerprint density at radius 1 is 1.39 bits per heavy atom. The highest BCUT2D eigenvalue weighted by atomic mass is 16.5. The monoisotopic (exact) mass is 246 g/mol. The predicted molar refractivity (Wildman–Crippen MR) is 70.1 cm³/mol. The van der Waals surface area contributed by atoms with E-state index in [1.165, 1.54) is 0 Å². The van der Waals surface area contributed by atoms with Gasteiger partial charge in [-0.1, -0.05) is 25.5 Å². The zero-order valence-corrected chi connectivity index (χ0v) is 10.6. The molecular formula is C14H18N2O2. The molecule has 0 saturated carbocycles. The number of nitriles is 1. The van der Waals surface area contributed by atoms with E-state index in [-0.39, 0.29) is 5.91 Å². The van der Waals surface area contributed by atoms with Crippen molar-refractivity contribution in [2.75, 3.05) is 18.5 Å². The third-order valence-electron chi connectivity index (χ3n) is 2.44. The number of hydrogen-bond donors (Lipinski definition) is 1. The van der Waals surface area contributed by atoms with E-state index in [2.05, 4.69) is 12.2 Å². The maximum atomic E-state index is 11.6. The second-order valence-corrected chi connectivity index (χ2v) is 3.92. The highest BCUT2D eigenvalue weighted by Crippen LogP contribution is 2.13. The van der Waals surface area contributed by atoms with E-state index in [1.807, 2.05) is 6.07 Å². The molecule has 0 saturated heterocycles. The Hall–Kier alpha value is -1.86. The summed E-state index contributed by atoms with van der Waals surface area (Å²) >= 11 is 0. The summed E-state index contributed by atoms with van der Waals surface area (Å²) in [6, 6.07) is 8.98. The van der Waals surface area contributed by atoms with Gasteiger partial charge in [0.1, 0.15) is 6.07 Å². The van der Waals surface area contributed by atoms with Gasteiger partial charge in [-0.05, 0) is 18.6 Å². The molecule has 0 spiro atoms. The summed E-state index contributed by atoms with van der Waals surface area (Å²) in [6.07, 6.45) is 2.41. The number of ether oxygens (including phenoxy) is 1. The second-order valence-electron chi connectivity index (χ2n) is 3.92. The van der Waals surface area contributed by atoms with Crippen LogP contribution in [0.1, 0.15) is 31.7 Å². The van der Waals surface area contributed by atoms with Crippen molar-refractivity contribution in [1.29, 1.82) is 5.26 Å². The van der Waals surface area contributed by atoms with Crippen LogP contribution in [0.15, 0.2) is 24.3 Å². The Morgan fingerprint density at radius 2 is 2.17 bits per heavy atom. The summed E-state index contributed by atoms with van der Waals surface area (Å²) in [4.78, 5) is 11.6. The van der Waals surface area contributed by atoms with Crippen molar-refractivity contribution in [1.82, 2.24) is 0 Å². The van der Waals surface area contributed by atoms with Gasteiger partial charge in [-0.2, -0.15) is 5.26 Å². The standard InChI is InChI=1S/C14H18N2O2/c1-2-3-9-18-10-8-14(17)16-13-7-5-4-6-12(13)11-15/h4-7H,2-3,8-10H2,1H3,(H,16,17). The molecule has 0 radical (unpaired) electrons. The molecule has 96 valence electrons. The summed E-state index contributed by atoms with van der Waals surface area (Å²) in [5.74, 6) is -0.130. The molecule has 0 unspecified atom stereocenters. The third kappa shape index (κ3) is 4.98. The Kier molecular flexibility index (Phi) is 6.52. The first-order valence-corrected chi connectivity index (χ1v) is 6.14. The Morgan fingerprint density at radius 3 is 2.89 bits per heavy atom. The number of amides is 1. The van der Waals surface area contributed by atoms with Gasteiger partial charge in [0.25, 0.3) is 0 Å². The lowest BCUT2D eigenvalue weighted by Crippen LogP contribution is -2.15. The number of nitrogens with one attached hydrogen (secondary N) is 1. The number of hydrogen-bond acceptors (Lipinski definition) is 3. The van der Waals surface area contributed by atoms with Crippen LogP contribution in [-0.2, 0) is 9.53 Å². The van der Waals surface area contributed by atoms with Crippen molar-refractivity contribution < 1.29 is 9.53 Å². The van der Waals surface area contributed by atoms with Crippen molar-refractivity contribution in [3.05, 3.63) is 29.8 Å². The lowest BCUT2D eigenvalue weighted by atomic mass is 10.2. The van der Waals surface area contributed by atoms with Crippen LogP contribution < -0.4 is 5.32 Å². The van der Waals surface area contributed by atoms with E-state index >= 15 is 0 Å². The maximum Gasteiger partial charge on any atom is 0.226 e. The average Bonchev–Trinajstić information content (AvgIpc) is 2.39. The van der Waals surface area contributed by atoms with Gasteiger partial charge in [-0.25, -0.2) is 0 Å². The van der Waals surface area contributed by atoms with E-state index in [9.17, 15) is 4.79 Å². The molecule has 0 aliphatic carbocycles. The van der Waals surface area contributed by atoms with Gasteiger partial charge < -0.3 is 10.1 Å². The minimum Gasteiger partial charge on any atom is -0.381 e. The highest BCUT2D eigenvalue weighted by molar-refractivity contribution is 5.92. The average molecular weight is 246 g/mol. The first kappa shape index (κ1) is 14.2. The van der Waals surface area contributed by atoms with Crippen LogP contribution in [0.2, 0.25) is 0 Å². The number of rotatable bonds is 7. The molecular weight excluding hydrogens is 228 g/mol. The van der Waals surface area contributed by atoms with Gasteiger partial charge in [0.15, 0.2) is 0 Å². The van der Waals surface area contributed by atoms with Gasteiger partial charge in [-0.3, -0.25) is 4.79 Å². The largest absolute Gasteiger partial charge is 0.381 e. The van der Waals surface area contributed by atoms with Gasteiger partial charge in [0, 0.05) is 6.61 Å². The van der Waals surface area contributed by atoms with Crippen LogP contribution in [-0.4, -0.2) is 19.1 Å². The number of benzene rings is 1. The van der Waals surface area contributed by atoms with Crippen molar-refractivity contribution >= 4 is 11.6 Å². The molecule has 18 heavy (non-hydrogen) atoms. The molecule has 1 aromatic rings. The first-order chi connectivity index (χ1) is 8.77. The van der Waals surface area contributed by atoms with Crippen molar-refractivity contribution in [3.8, 4) is 6.07 Å². The Bertz CT molecular complexity index is 424. The van der Waals surface area contributed by atoms with Crippen LogP contribution >= 0.6 is 0 Å². The van der Waals surface area contributed by atoms with E-state index in [1.54, 1.807) is 24.3 Å². The molecule has 1 aromatic carbocycles. The van der Waals surface area contributed by atoms with Crippen molar-refractivity contribution in [3.63, 3.8) is 0 Å². The van der Waals surface area contributed by atoms with Crippen molar-refractivity contribution in [2.24, 2.45) is 0 Å². The fourth-order valence-corrected chi connectivity index (χ4v) is 1.42. The van der Waals surface area contributed by atoms with Gasteiger partial charge >= 0.3 is 0 Å². The third-order valence-corrected chi connectivity index (χ3v) is 2.44. The smallest absolute Gasteiger partial charge is 0.226 e. The Balaban J connectivity index is 2.34. The number of nitrogens with zero attached hydrogens (tertiary/aromatic N) is 1. The van der Waals surface area contributed by atoms with Crippen LogP contribution in [0.25, 0.3) is 0 Å².